The molecule has 0 aliphatic carbocycles. The van der Waals surface area contributed by atoms with Crippen molar-refractivity contribution in [3.63, 3.8) is 0 Å². The minimum Gasteiger partial charge on any atom is -0.388 e. The second kappa shape index (κ2) is 4.55. The van der Waals surface area contributed by atoms with Gasteiger partial charge in [0, 0.05) is 0 Å². The predicted octanol–water partition coefficient (Wildman–Crippen LogP) is 1.98. The molecule has 0 aliphatic rings. The molecule has 0 saturated heterocycles. The van der Waals surface area contributed by atoms with Gasteiger partial charge in [0.1, 0.15) is 0 Å². The molecule has 68 valence electrons. The molecule has 0 aromatic carbocycles. The summed E-state index contributed by atoms with van der Waals surface area (Å²) in [5.41, 5.74) is 6.45. The predicted molar refractivity (Wildman–Crippen MR) is 60.2 cm³/mol. The van der Waals surface area contributed by atoms with Crippen molar-refractivity contribution in [1.29, 1.82) is 0 Å². The SMILES string of the molecule is CC(CN)C(O)c1csc(I)c1. The Labute approximate surface area is 89.9 Å². The third kappa shape index (κ3) is 2.42. The molecule has 12 heavy (non-hydrogen) atoms. The van der Waals surface area contributed by atoms with E-state index in [1.807, 2.05) is 18.4 Å². The first kappa shape index (κ1) is 10.4. The normalized spacial score (nSPS) is 16.0. The summed E-state index contributed by atoms with van der Waals surface area (Å²) >= 11 is 3.89. The summed E-state index contributed by atoms with van der Waals surface area (Å²) in [6, 6.07) is 2.00. The van der Waals surface area contributed by atoms with E-state index in [9.17, 15) is 5.11 Å². The Hall–Kier alpha value is 0.350. The second-order valence-corrected chi connectivity index (χ2v) is 5.65. The summed E-state index contributed by atoms with van der Waals surface area (Å²) in [7, 11) is 0. The average Bonchev–Trinajstić information content (AvgIpc) is 2.49. The lowest BCUT2D eigenvalue weighted by Crippen LogP contribution is -2.18. The standard InChI is InChI=1S/C8H12INOS/c1-5(3-10)8(11)6-2-7(9)12-4-6/h2,4-5,8,11H,3,10H2,1H3. The Kier molecular flexibility index (Phi) is 3.95. The van der Waals surface area contributed by atoms with Crippen molar-refractivity contribution in [3.05, 3.63) is 19.9 Å². The zero-order chi connectivity index (χ0) is 9.14. The second-order valence-electron chi connectivity index (χ2n) is 2.84. The van der Waals surface area contributed by atoms with Crippen molar-refractivity contribution in [2.45, 2.75) is 13.0 Å². The number of nitrogens with two attached hydrogens (primary N) is 1. The van der Waals surface area contributed by atoms with Gasteiger partial charge < -0.3 is 10.8 Å². The molecule has 0 amide bonds. The number of rotatable bonds is 3. The van der Waals surface area contributed by atoms with Crippen LogP contribution in [0.2, 0.25) is 0 Å². The summed E-state index contributed by atoms with van der Waals surface area (Å²) < 4.78 is 1.20. The summed E-state index contributed by atoms with van der Waals surface area (Å²) in [5.74, 6) is 0.135. The lowest BCUT2D eigenvalue weighted by Gasteiger charge is -2.15. The molecule has 2 unspecified atom stereocenters. The Balaban J connectivity index is 2.70. The van der Waals surface area contributed by atoms with Crippen molar-refractivity contribution in [2.75, 3.05) is 6.54 Å². The first-order valence-corrected chi connectivity index (χ1v) is 5.73. The summed E-state index contributed by atoms with van der Waals surface area (Å²) in [6.45, 7) is 2.47. The van der Waals surface area contributed by atoms with Gasteiger partial charge in [0.15, 0.2) is 0 Å². The fourth-order valence-electron chi connectivity index (χ4n) is 0.936. The van der Waals surface area contributed by atoms with Gasteiger partial charge in [-0.1, -0.05) is 6.92 Å². The number of aliphatic hydroxyl groups is 1. The minimum absolute atomic E-state index is 0.135. The van der Waals surface area contributed by atoms with Crippen LogP contribution >= 0.6 is 33.9 Å². The van der Waals surface area contributed by atoms with Crippen LogP contribution in [-0.2, 0) is 0 Å². The molecule has 1 heterocycles. The smallest absolute Gasteiger partial charge is 0.0836 e. The van der Waals surface area contributed by atoms with Gasteiger partial charge in [0.25, 0.3) is 0 Å². The number of hydrogen-bond donors (Lipinski definition) is 2. The van der Waals surface area contributed by atoms with Crippen molar-refractivity contribution in [3.8, 4) is 0 Å². The third-order valence-electron chi connectivity index (χ3n) is 1.84. The van der Waals surface area contributed by atoms with Crippen LogP contribution in [0.4, 0.5) is 0 Å². The van der Waals surface area contributed by atoms with Crippen LogP contribution < -0.4 is 5.73 Å². The molecule has 2 atom stereocenters. The Bertz CT molecular complexity index is 251. The molecule has 1 rings (SSSR count). The van der Waals surface area contributed by atoms with Gasteiger partial charge >= 0.3 is 0 Å². The van der Waals surface area contributed by atoms with Crippen LogP contribution in [0.15, 0.2) is 11.4 Å². The van der Waals surface area contributed by atoms with Gasteiger partial charge in [0.05, 0.1) is 8.99 Å². The fraction of sp³-hybridized carbons (Fsp3) is 0.500. The van der Waals surface area contributed by atoms with E-state index < -0.39 is 6.10 Å². The van der Waals surface area contributed by atoms with Crippen molar-refractivity contribution in [1.82, 2.24) is 0 Å². The van der Waals surface area contributed by atoms with Gasteiger partial charge in [-0.15, -0.1) is 11.3 Å². The highest BCUT2D eigenvalue weighted by atomic mass is 127. The van der Waals surface area contributed by atoms with Gasteiger partial charge in [-0.05, 0) is 52.1 Å². The average molecular weight is 297 g/mol. The van der Waals surface area contributed by atoms with Crippen LogP contribution in [0.1, 0.15) is 18.6 Å². The summed E-state index contributed by atoms with van der Waals surface area (Å²) in [4.78, 5) is 0. The molecule has 0 saturated carbocycles. The zero-order valence-electron chi connectivity index (χ0n) is 6.83. The first-order valence-electron chi connectivity index (χ1n) is 3.77. The van der Waals surface area contributed by atoms with E-state index in [2.05, 4.69) is 22.6 Å². The lowest BCUT2D eigenvalue weighted by atomic mass is 10.0. The van der Waals surface area contributed by atoms with E-state index in [1.54, 1.807) is 11.3 Å². The van der Waals surface area contributed by atoms with Crippen LogP contribution in [-0.4, -0.2) is 11.7 Å². The summed E-state index contributed by atoms with van der Waals surface area (Å²) in [6.07, 6.45) is -0.408. The van der Waals surface area contributed by atoms with Crippen LogP contribution in [0.3, 0.4) is 0 Å². The number of thiophene rings is 1. The molecule has 0 spiro atoms. The van der Waals surface area contributed by atoms with Crippen LogP contribution in [0.25, 0.3) is 0 Å². The highest BCUT2D eigenvalue weighted by Gasteiger charge is 2.15. The summed E-state index contributed by atoms with van der Waals surface area (Å²) in [5, 5.41) is 11.7. The molecule has 4 heteroatoms. The highest BCUT2D eigenvalue weighted by Crippen LogP contribution is 2.26. The third-order valence-corrected chi connectivity index (χ3v) is 3.65. The number of halogens is 1. The van der Waals surface area contributed by atoms with E-state index in [4.69, 9.17) is 5.73 Å². The Morgan fingerprint density at radius 3 is 2.83 bits per heavy atom. The number of aliphatic hydroxyl groups excluding tert-OH is 1. The lowest BCUT2D eigenvalue weighted by molar-refractivity contribution is 0.122. The van der Waals surface area contributed by atoms with Crippen molar-refractivity contribution in [2.24, 2.45) is 11.7 Å². The number of hydrogen-bond acceptors (Lipinski definition) is 3. The van der Waals surface area contributed by atoms with Crippen molar-refractivity contribution >= 4 is 33.9 Å². The zero-order valence-corrected chi connectivity index (χ0v) is 9.80. The Morgan fingerprint density at radius 2 is 2.42 bits per heavy atom. The molecule has 1 aromatic heterocycles. The Morgan fingerprint density at radius 1 is 1.75 bits per heavy atom. The van der Waals surface area contributed by atoms with E-state index in [-0.39, 0.29) is 5.92 Å². The van der Waals surface area contributed by atoms with E-state index in [0.717, 1.165) is 5.56 Å². The maximum atomic E-state index is 9.73. The monoisotopic (exact) mass is 297 g/mol. The molecule has 2 nitrogen and oxygen atoms in total. The highest BCUT2D eigenvalue weighted by molar-refractivity contribution is 14.1. The van der Waals surface area contributed by atoms with Crippen molar-refractivity contribution < 1.29 is 5.11 Å². The molecule has 0 radical (unpaired) electrons. The quantitative estimate of drug-likeness (QED) is 0.838. The van der Waals surface area contributed by atoms with Crippen LogP contribution in [0, 0.1) is 8.80 Å². The molecular weight excluding hydrogens is 285 g/mol. The van der Waals surface area contributed by atoms with Gasteiger partial charge in [-0.3, -0.25) is 0 Å². The topological polar surface area (TPSA) is 46.2 Å². The van der Waals surface area contributed by atoms with Crippen LogP contribution in [0.5, 0.6) is 0 Å². The van der Waals surface area contributed by atoms with E-state index >= 15 is 0 Å². The first-order chi connectivity index (χ1) is 5.65. The molecular formula is C8H12INOS. The molecule has 3 N–H and O–H groups in total. The largest absolute Gasteiger partial charge is 0.388 e. The maximum absolute atomic E-state index is 9.73. The van der Waals surface area contributed by atoms with E-state index in [1.165, 1.54) is 2.88 Å². The maximum Gasteiger partial charge on any atom is 0.0836 e. The minimum atomic E-state index is -0.408. The fourth-order valence-corrected chi connectivity index (χ4v) is 2.34. The molecule has 0 aliphatic heterocycles. The van der Waals surface area contributed by atoms with Gasteiger partial charge in [-0.2, -0.15) is 0 Å². The van der Waals surface area contributed by atoms with Gasteiger partial charge in [0.2, 0.25) is 0 Å². The molecule has 1 aromatic rings. The molecule has 0 bridgehead atoms. The van der Waals surface area contributed by atoms with Gasteiger partial charge in [-0.25, -0.2) is 0 Å². The molecule has 0 fully saturated rings. The van der Waals surface area contributed by atoms with E-state index in [0.29, 0.717) is 6.54 Å².